The van der Waals surface area contributed by atoms with E-state index in [1.807, 2.05) is 0 Å². The highest BCUT2D eigenvalue weighted by molar-refractivity contribution is 6.10. The number of ether oxygens (including phenoxy) is 2. The first-order valence-electron chi connectivity index (χ1n) is 19.1. The molecule has 21 nitrogen and oxygen atoms in total. The molecule has 0 unspecified atom stereocenters. The predicted molar refractivity (Wildman–Crippen MR) is 233 cm³/mol. The molecule has 2 heterocycles. The number of phenols is 3. The lowest BCUT2D eigenvalue weighted by atomic mass is 10.1. The summed E-state index contributed by atoms with van der Waals surface area (Å²) in [7, 11) is 2.35. The van der Waals surface area contributed by atoms with E-state index in [2.05, 4.69) is 47.0 Å². The second-order valence-corrected chi connectivity index (χ2v) is 13.9. The molecule has 332 valence electrons. The molecule has 0 bridgehead atoms. The largest absolute Gasteiger partial charge is 0.508 e. The van der Waals surface area contributed by atoms with Crippen LogP contribution in [0.3, 0.4) is 0 Å². The summed E-state index contributed by atoms with van der Waals surface area (Å²) in [6, 6.07) is 18.6. The van der Waals surface area contributed by atoms with Crippen LogP contribution in [0.25, 0.3) is 6.08 Å². The maximum atomic E-state index is 13.5. The summed E-state index contributed by atoms with van der Waals surface area (Å²) >= 11 is 0. The van der Waals surface area contributed by atoms with E-state index in [0.717, 1.165) is 24.9 Å². The van der Waals surface area contributed by atoms with Crippen molar-refractivity contribution in [1.29, 1.82) is 0 Å². The third-order valence-corrected chi connectivity index (χ3v) is 9.46. The van der Waals surface area contributed by atoms with Crippen LogP contribution >= 0.6 is 0 Å². The van der Waals surface area contributed by atoms with Gasteiger partial charge in [-0.3, -0.25) is 24.0 Å². The molecule has 0 fully saturated rings. The molecular weight excluding hydrogens is 847 g/mol. The number of amides is 5. The molecule has 65 heavy (non-hydrogen) atoms. The van der Waals surface area contributed by atoms with Crippen molar-refractivity contribution in [2.75, 3.05) is 35.5 Å². The molecule has 6 rings (SSSR count). The number of benzene rings is 4. The minimum absolute atomic E-state index is 0.0127. The van der Waals surface area contributed by atoms with Crippen molar-refractivity contribution in [3.8, 4) is 28.7 Å². The van der Waals surface area contributed by atoms with E-state index >= 15 is 0 Å². The molecule has 10 N–H and O–H groups in total. The quantitative estimate of drug-likeness (QED) is 0.0596. The van der Waals surface area contributed by atoms with Gasteiger partial charge < -0.3 is 56.5 Å². The molecule has 0 radical (unpaired) electrons. The van der Waals surface area contributed by atoms with Gasteiger partial charge in [0.15, 0.2) is 23.0 Å². The summed E-state index contributed by atoms with van der Waals surface area (Å²) in [6.45, 7) is 1.63. The molecule has 6 aromatic rings. The highest BCUT2D eigenvalue weighted by Gasteiger charge is 2.26. The number of nitrogens with one attached hydrogen (secondary N) is 6. The zero-order chi connectivity index (χ0) is 46.8. The van der Waals surface area contributed by atoms with Gasteiger partial charge in [-0.25, -0.2) is 9.78 Å². The van der Waals surface area contributed by atoms with Gasteiger partial charge in [0.05, 0.1) is 48.6 Å². The Labute approximate surface area is 368 Å². The van der Waals surface area contributed by atoms with Gasteiger partial charge in [-0.2, -0.15) is 15.4 Å². The summed E-state index contributed by atoms with van der Waals surface area (Å²) in [5.41, 5.74) is 1.18. The second kappa shape index (κ2) is 20.1. The third kappa shape index (κ3) is 11.0. The maximum Gasteiger partial charge on any atom is 0.339 e. The number of phenolic OH excluding ortho intramolecular Hbond substituents is 2. The van der Waals surface area contributed by atoms with Crippen molar-refractivity contribution in [1.82, 2.24) is 25.7 Å². The Morgan fingerprint density at radius 3 is 1.89 bits per heavy atom. The summed E-state index contributed by atoms with van der Waals surface area (Å²) in [5, 5.41) is 63.2. The lowest BCUT2D eigenvalue weighted by Crippen LogP contribution is -2.45. The smallest absolute Gasteiger partial charge is 0.339 e. The van der Waals surface area contributed by atoms with E-state index in [1.165, 1.54) is 80.0 Å². The Morgan fingerprint density at radius 1 is 0.692 bits per heavy atom. The maximum absolute atomic E-state index is 13.5. The number of rotatable bonds is 16. The first kappa shape index (κ1) is 45.3. The normalized spacial score (nSPS) is 11.4. The molecule has 0 saturated heterocycles. The van der Waals surface area contributed by atoms with Crippen molar-refractivity contribution in [3.05, 3.63) is 136 Å². The fourth-order valence-corrected chi connectivity index (χ4v) is 6.11. The first-order valence-corrected chi connectivity index (χ1v) is 19.1. The van der Waals surface area contributed by atoms with Gasteiger partial charge in [-0.1, -0.05) is 12.1 Å². The van der Waals surface area contributed by atoms with E-state index in [4.69, 9.17) is 9.47 Å². The minimum atomic E-state index is -1.43. The van der Waals surface area contributed by atoms with Gasteiger partial charge >= 0.3 is 5.97 Å². The van der Waals surface area contributed by atoms with Gasteiger partial charge in [-0.15, -0.1) is 0 Å². The van der Waals surface area contributed by atoms with Crippen LogP contribution in [0.15, 0.2) is 103 Å². The monoisotopic (exact) mass is 885 g/mol. The number of pyridine rings is 1. The third-order valence-electron chi connectivity index (χ3n) is 9.46. The number of methoxy groups -OCH3 is 2. The van der Waals surface area contributed by atoms with E-state index < -0.39 is 52.7 Å². The zero-order valence-corrected chi connectivity index (χ0v) is 34.5. The Bertz CT molecular complexity index is 2790. The van der Waals surface area contributed by atoms with E-state index in [-0.39, 0.29) is 63.5 Å². The second-order valence-electron chi connectivity index (χ2n) is 13.9. The molecule has 2 aromatic heterocycles. The number of carbonyl (C=O) groups excluding carboxylic acids is 5. The van der Waals surface area contributed by atoms with Crippen molar-refractivity contribution in [2.45, 2.75) is 19.4 Å². The van der Waals surface area contributed by atoms with Crippen LogP contribution in [-0.2, 0) is 16.0 Å². The summed E-state index contributed by atoms with van der Waals surface area (Å²) in [6.07, 6.45) is 4.13. The van der Waals surface area contributed by atoms with E-state index in [1.54, 1.807) is 25.1 Å². The number of hydrogen-bond acceptors (Lipinski definition) is 14. The number of carboxylic acids is 1. The molecule has 0 aliphatic carbocycles. The number of aromatic carboxylic acids is 1. The molecule has 5 amide bonds. The highest BCUT2D eigenvalue weighted by atomic mass is 16.5. The van der Waals surface area contributed by atoms with Crippen molar-refractivity contribution in [3.63, 3.8) is 0 Å². The number of aromatic hydroxyl groups is 3. The summed E-state index contributed by atoms with van der Waals surface area (Å²) < 4.78 is 10.4. The number of carboxylic acid groups (broad SMARTS) is 1. The standard InChI is InChI=1S/C44H39N9O12/c1-22(18-23-4-11-28(54)12-5-23)39(57)47-26-9-6-24(7-10-26)40(58)50-33(19-27-21-46-53-52-27)43(61)51-34-17-8-25(20-45-34)41(59)48-31-15-13-29(35(55)37(31)64-2)42(60)49-32-16-14-30(44(62)63)36(56)38(32)65-3/h4-18,20-21,33,54-56H,19H2,1-3H3,(H,47,57)(H,48,59)(H,49,60)(H,50,58)(H,62,63)(H,45,51,61)(H,46,52,53)/b22-18+/t33-/m0/s1. The Balaban J connectivity index is 1.08. The van der Waals surface area contributed by atoms with Crippen LogP contribution in [-0.4, -0.2) is 96.6 Å². The van der Waals surface area contributed by atoms with Gasteiger partial charge in [-0.05, 0) is 91.4 Å². The van der Waals surface area contributed by atoms with E-state index in [0.29, 0.717) is 17.0 Å². The molecule has 0 saturated carbocycles. The summed E-state index contributed by atoms with van der Waals surface area (Å²) in [5.74, 6) is -6.59. The average Bonchev–Trinajstić information content (AvgIpc) is 3.80. The number of anilines is 4. The van der Waals surface area contributed by atoms with Crippen molar-refractivity contribution < 1.29 is 58.7 Å². The minimum Gasteiger partial charge on any atom is -0.508 e. The zero-order valence-electron chi connectivity index (χ0n) is 34.5. The van der Waals surface area contributed by atoms with Crippen LogP contribution < -0.4 is 36.1 Å². The number of carbonyl (C=O) groups is 6. The molecule has 4 aromatic carbocycles. The van der Waals surface area contributed by atoms with Gasteiger partial charge in [0, 0.05) is 29.4 Å². The molecule has 0 aliphatic rings. The number of aromatic amines is 1. The fraction of sp³-hybridized carbons (Fsp3) is 0.114. The van der Waals surface area contributed by atoms with Crippen molar-refractivity contribution in [2.24, 2.45) is 0 Å². The number of H-pyrrole nitrogens is 1. The Hall–Kier alpha value is -9.27. The number of hydrogen-bond donors (Lipinski definition) is 10. The molecule has 0 aliphatic heterocycles. The van der Waals surface area contributed by atoms with Crippen LogP contribution in [0.2, 0.25) is 0 Å². The molecule has 0 spiro atoms. The van der Waals surface area contributed by atoms with Crippen LogP contribution in [0, 0.1) is 0 Å². The van der Waals surface area contributed by atoms with Crippen LogP contribution in [0.4, 0.5) is 22.9 Å². The van der Waals surface area contributed by atoms with Crippen LogP contribution in [0.1, 0.15) is 59.6 Å². The fourth-order valence-electron chi connectivity index (χ4n) is 6.11. The molecule has 1 atom stereocenters. The van der Waals surface area contributed by atoms with Crippen LogP contribution in [0.5, 0.6) is 28.7 Å². The average molecular weight is 886 g/mol. The number of aromatic nitrogens is 4. The van der Waals surface area contributed by atoms with Gasteiger partial charge in [0.1, 0.15) is 23.2 Å². The SMILES string of the molecule is COc1c(NC(=O)c2ccc(NC(=O)c3ccc(NC(=O)[C@H](Cc4cn[nH]n4)NC(=O)c4ccc(NC(=O)/C(C)=C/c5ccc(O)cc5)cc4)nc3)c(OC)c2O)ccc(C(=O)O)c1O. The highest BCUT2D eigenvalue weighted by Crippen LogP contribution is 2.40. The topological polar surface area (TPSA) is 316 Å². The Kier molecular flexibility index (Phi) is 14.0. The van der Waals surface area contributed by atoms with Gasteiger partial charge in [0.2, 0.25) is 5.91 Å². The number of nitrogens with zero attached hydrogens (tertiary/aromatic N) is 3. The van der Waals surface area contributed by atoms with Crippen molar-refractivity contribution >= 4 is 64.5 Å². The van der Waals surface area contributed by atoms with E-state index in [9.17, 15) is 49.2 Å². The molecular formula is C44H39N9O12. The van der Waals surface area contributed by atoms with Gasteiger partial charge in [0.25, 0.3) is 23.6 Å². The summed E-state index contributed by atoms with van der Waals surface area (Å²) in [4.78, 5) is 81.6. The first-order chi connectivity index (χ1) is 31.1. The lowest BCUT2D eigenvalue weighted by Gasteiger charge is -2.18. The predicted octanol–water partition coefficient (Wildman–Crippen LogP) is 4.56. The lowest BCUT2D eigenvalue weighted by molar-refractivity contribution is -0.118. The Morgan fingerprint density at radius 2 is 1.31 bits per heavy atom. The molecule has 21 heteroatoms.